The maximum absolute atomic E-state index is 10.4. The zero-order valence-electron chi connectivity index (χ0n) is 34.6. The number of halogens is 2. The molecule has 2 aromatic carbocycles. The summed E-state index contributed by atoms with van der Waals surface area (Å²) in [5, 5.41) is 0. The predicted octanol–water partition coefficient (Wildman–Crippen LogP) is 17.3. The molecule has 1 unspecified atom stereocenters. The van der Waals surface area contributed by atoms with Gasteiger partial charge < -0.3 is 0 Å². The minimum atomic E-state index is -3.60. The molecule has 0 bridgehead atoms. The predicted molar refractivity (Wildman–Crippen MR) is 249 cm³/mol. The summed E-state index contributed by atoms with van der Waals surface area (Å²) in [5.41, 5.74) is 10.1. The number of alkyl halides is 1. The first-order chi connectivity index (χ1) is 27.0. The average Bonchev–Trinajstić information content (AvgIpc) is 3.63. The number of rotatable bonds is 9. The van der Waals surface area contributed by atoms with Gasteiger partial charge in [0.05, 0.1) is 0 Å². The molecule has 0 spiro atoms. The molecule has 7 aliphatic carbocycles. The molecule has 55 heavy (non-hydrogen) atoms. The second kappa shape index (κ2) is 16.6. The van der Waals surface area contributed by atoms with Gasteiger partial charge in [-0.1, -0.05) is 0 Å². The summed E-state index contributed by atoms with van der Waals surface area (Å²) in [6.45, 7) is 0. The van der Waals surface area contributed by atoms with Crippen molar-refractivity contribution >= 4 is 41.6 Å². The number of allylic oxidation sites excluding steroid dienone is 1. The van der Waals surface area contributed by atoms with E-state index < -0.39 is 13.2 Å². The Kier molecular flexibility index (Phi) is 12.1. The quantitative estimate of drug-likeness (QED) is 0.175. The summed E-state index contributed by atoms with van der Waals surface area (Å²) in [6.07, 6.45) is 45.0. The minimum absolute atomic E-state index is 0.0863. The SMILES string of the molecule is ClC1(P(Cl)(C2CCCCC2)(C2CCCCC2)C2([PH](C3CCCCC3)(C3CCCCC3)C3CCCCC3)C=C(c3ccccc3)c3ccccc32)CCCCC1. The second-order valence-electron chi connectivity index (χ2n) is 20.4. The molecule has 1 atom stereocenters. The fraction of sp³-hybridized carbons (Fsp3) is 0.725. The Bertz CT molecular complexity index is 1550. The molecule has 0 aliphatic heterocycles. The number of hydrogen-bond acceptors (Lipinski definition) is 0. The first kappa shape index (κ1) is 40.0. The van der Waals surface area contributed by atoms with Crippen LogP contribution in [-0.2, 0) is 4.90 Å². The van der Waals surface area contributed by atoms with Crippen molar-refractivity contribution in [2.75, 3.05) is 0 Å². The molecule has 0 heterocycles. The van der Waals surface area contributed by atoms with E-state index >= 15 is 0 Å². The van der Waals surface area contributed by atoms with Crippen LogP contribution in [0, 0.1) is 0 Å². The first-order valence-corrected chi connectivity index (χ1v) is 30.2. The number of fused-ring (bicyclic) bond motifs is 1. The maximum atomic E-state index is 10.4. The third-order valence-corrected chi connectivity index (χ3v) is 41.8. The van der Waals surface area contributed by atoms with Crippen LogP contribution in [0.1, 0.15) is 209 Å². The van der Waals surface area contributed by atoms with Crippen LogP contribution >= 0.6 is 36.1 Å². The summed E-state index contributed by atoms with van der Waals surface area (Å²) < 4.78 is -0.290. The molecule has 304 valence electrons. The average molecular weight is 822 g/mol. The Morgan fingerprint density at radius 3 is 1.35 bits per heavy atom. The van der Waals surface area contributed by atoms with E-state index in [9.17, 15) is 22.8 Å². The van der Waals surface area contributed by atoms with Crippen LogP contribution < -0.4 is 0 Å². The number of benzene rings is 2. The fourth-order valence-corrected chi connectivity index (χ4v) is 46.1. The van der Waals surface area contributed by atoms with E-state index in [2.05, 4.69) is 60.7 Å². The van der Waals surface area contributed by atoms with Crippen LogP contribution in [0.3, 0.4) is 0 Å². The first-order valence-electron chi connectivity index (χ1n) is 24.3. The van der Waals surface area contributed by atoms with Crippen molar-refractivity contribution in [3.8, 4) is 0 Å². The summed E-state index contributed by atoms with van der Waals surface area (Å²) in [7, 11) is -2.48. The van der Waals surface area contributed by atoms with Crippen molar-refractivity contribution in [3.05, 3.63) is 77.4 Å². The van der Waals surface area contributed by atoms with Crippen LogP contribution in [-0.4, -0.2) is 32.9 Å². The topological polar surface area (TPSA) is 0 Å². The summed E-state index contributed by atoms with van der Waals surface area (Å²) >= 11 is 19.7. The molecule has 0 radical (unpaired) electrons. The second-order valence-corrected chi connectivity index (χ2v) is 34.4. The molecule has 2 aromatic rings. The molecule has 0 N–H and O–H groups in total. The molecule has 0 nitrogen and oxygen atoms in total. The van der Waals surface area contributed by atoms with Crippen molar-refractivity contribution < 1.29 is 0 Å². The van der Waals surface area contributed by atoms with Gasteiger partial charge in [0, 0.05) is 0 Å². The molecular formula is C51H76Cl2P2. The molecule has 9 rings (SSSR count). The zero-order chi connectivity index (χ0) is 37.4. The molecule has 6 fully saturated rings. The molecule has 0 aromatic heterocycles. The Morgan fingerprint density at radius 1 is 0.473 bits per heavy atom. The van der Waals surface area contributed by atoms with Crippen molar-refractivity contribution in [2.24, 2.45) is 0 Å². The molecule has 0 amide bonds. The van der Waals surface area contributed by atoms with E-state index in [4.69, 9.17) is 0 Å². The van der Waals surface area contributed by atoms with Crippen molar-refractivity contribution in [2.45, 2.75) is 230 Å². The van der Waals surface area contributed by atoms with E-state index in [-0.39, 0.29) is 9.51 Å². The Labute approximate surface area is 347 Å². The van der Waals surface area contributed by atoms with Gasteiger partial charge in [0.2, 0.25) is 0 Å². The molecule has 7 aliphatic rings. The molecule has 4 heteroatoms. The Balaban J connectivity index is 1.51. The van der Waals surface area contributed by atoms with Gasteiger partial charge in [-0.05, 0) is 0 Å². The van der Waals surface area contributed by atoms with Gasteiger partial charge in [0.1, 0.15) is 0 Å². The van der Waals surface area contributed by atoms with Crippen LogP contribution in [0.15, 0.2) is 60.7 Å². The van der Waals surface area contributed by atoms with Crippen LogP contribution in [0.4, 0.5) is 0 Å². The van der Waals surface area contributed by atoms with Gasteiger partial charge in [-0.15, -0.1) is 0 Å². The Morgan fingerprint density at radius 2 is 0.873 bits per heavy atom. The van der Waals surface area contributed by atoms with E-state index in [1.807, 2.05) is 0 Å². The van der Waals surface area contributed by atoms with Gasteiger partial charge in [-0.25, -0.2) is 0 Å². The summed E-state index contributed by atoms with van der Waals surface area (Å²) in [5.74, 6) is -3.60. The third-order valence-electron chi connectivity index (χ3n) is 18.3. The van der Waals surface area contributed by atoms with Gasteiger partial charge >= 0.3 is 349 Å². The van der Waals surface area contributed by atoms with Crippen LogP contribution in [0.5, 0.6) is 0 Å². The van der Waals surface area contributed by atoms with Gasteiger partial charge in [-0.3, -0.25) is 0 Å². The van der Waals surface area contributed by atoms with Crippen LogP contribution in [0.2, 0.25) is 0 Å². The van der Waals surface area contributed by atoms with Gasteiger partial charge in [0.15, 0.2) is 0 Å². The van der Waals surface area contributed by atoms with E-state index in [1.165, 1.54) is 198 Å². The molecule has 0 saturated heterocycles. The normalized spacial score (nSPS) is 29.6. The molecular weight excluding hydrogens is 745 g/mol. The van der Waals surface area contributed by atoms with E-state index in [1.54, 1.807) is 16.7 Å². The monoisotopic (exact) mass is 820 g/mol. The van der Waals surface area contributed by atoms with E-state index in [0.717, 1.165) is 17.0 Å². The number of hydrogen-bond donors (Lipinski definition) is 0. The van der Waals surface area contributed by atoms with Crippen molar-refractivity contribution in [1.29, 1.82) is 0 Å². The van der Waals surface area contributed by atoms with Crippen LogP contribution in [0.25, 0.3) is 5.57 Å². The van der Waals surface area contributed by atoms with Gasteiger partial charge in [0.25, 0.3) is 0 Å². The summed E-state index contributed by atoms with van der Waals surface area (Å²) in [6, 6.07) is 22.1. The van der Waals surface area contributed by atoms with Crippen molar-refractivity contribution in [1.82, 2.24) is 0 Å². The standard InChI is InChI=1S/C51H76Cl2P2/c52-50(38-22-7-23-39-50)55(53,45-32-16-5-17-33-45,46-34-18-6-19-35-46)51(40-48(41-24-8-1-9-25-41)47-36-20-21-37-49(47)51)54(42-26-10-2-11-27-42,43-28-12-3-13-29-43)44-30-14-4-15-31-44/h1,8-9,20-21,24-25,36-37,40,42-46,54H,2-7,10-19,22-23,26-35,38-39H2. The fourth-order valence-electron chi connectivity index (χ4n) is 16.6. The Hall–Kier alpha value is -0.380. The molecule has 6 saturated carbocycles. The van der Waals surface area contributed by atoms with Crippen molar-refractivity contribution in [3.63, 3.8) is 0 Å². The summed E-state index contributed by atoms with van der Waals surface area (Å²) in [4.78, 5) is -0.0863. The zero-order valence-corrected chi connectivity index (χ0v) is 38.0. The third kappa shape index (κ3) is 5.98. The van der Waals surface area contributed by atoms with E-state index in [0.29, 0.717) is 11.3 Å². The van der Waals surface area contributed by atoms with Gasteiger partial charge in [-0.2, -0.15) is 0 Å².